The Bertz CT molecular complexity index is 582. The van der Waals surface area contributed by atoms with Crippen molar-refractivity contribution in [1.29, 1.82) is 5.26 Å². The van der Waals surface area contributed by atoms with Crippen LogP contribution in [-0.2, 0) is 10.0 Å². The zero-order chi connectivity index (χ0) is 15.0. The maximum absolute atomic E-state index is 12.0. The van der Waals surface area contributed by atoms with E-state index in [9.17, 15) is 8.42 Å². The van der Waals surface area contributed by atoms with Gasteiger partial charge in [0, 0.05) is 18.9 Å². The lowest BCUT2D eigenvalue weighted by atomic mass is 10.2. The van der Waals surface area contributed by atoms with E-state index in [1.807, 2.05) is 6.07 Å². The van der Waals surface area contributed by atoms with Gasteiger partial charge in [-0.25, -0.2) is 13.1 Å². The van der Waals surface area contributed by atoms with Crippen LogP contribution in [0.3, 0.4) is 0 Å². The fourth-order valence-electron chi connectivity index (χ4n) is 1.46. The number of sulfonamides is 1. The molecule has 1 aromatic carbocycles. The van der Waals surface area contributed by atoms with Crippen molar-refractivity contribution in [3.63, 3.8) is 0 Å². The molecule has 0 aromatic heterocycles. The van der Waals surface area contributed by atoms with E-state index in [-0.39, 0.29) is 23.7 Å². The lowest BCUT2D eigenvalue weighted by Gasteiger charge is -2.09. The number of anilines is 1. The van der Waals surface area contributed by atoms with Crippen molar-refractivity contribution in [2.75, 3.05) is 30.4 Å². The van der Waals surface area contributed by atoms with Gasteiger partial charge in [-0.05, 0) is 30.4 Å². The highest BCUT2D eigenvalue weighted by Gasteiger charge is 2.16. The number of hydrogen-bond donors (Lipinski definition) is 3. The molecule has 0 unspecified atom stereocenters. The van der Waals surface area contributed by atoms with Gasteiger partial charge in [0.1, 0.15) is 4.90 Å². The van der Waals surface area contributed by atoms with E-state index < -0.39 is 10.0 Å². The van der Waals surface area contributed by atoms with Crippen molar-refractivity contribution >= 4 is 27.5 Å². The molecule has 1 rings (SSSR count). The molecule has 0 aliphatic rings. The van der Waals surface area contributed by atoms with Gasteiger partial charge in [0.05, 0.1) is 17.3 Å². The van der Waals surface area contributed by atoms with Crippen LogP contribution in [0.1, 0.15) is 12.0 Å². The Labute approximate surface area is 123 Å². The van der Waals surface area contributed by atoms with E-state index in [0.717, 1.165) is 5.75 Å². The summed E-state index contributed by atoms with van der Waals surface area (Å²) < 4.78 is 26.5. The number of rotatable bonds is 8. The summed E-state index contributed by atoms with van der Waals surface area (Å²) in [6.07, 6.45) is 0.694. The molecule has 0 fully saturated rings. The quantitative estimate of drug-likeness (QED) is 0.476. The van der Waals surface area contributed by atoms with Crippen molar-refractivity contribution in [3.05, 3.63) is 23.8 Å². The SMILES string of the molecule is N#Cc1ccc(S(=O)(=O)NCCSCCCO)c(N)c1. The smallest absolute Gasteiger partial charge is 0.242 e. The minimum atomic E-state index is -3.66. The Morgan fingerprint density at radius 1 is 1.40 bits per heavy atom. The number of aliphatic hydroxyl groups excluding tert-OH is 1. The number of benzene rings is 1. The molecular formula is C12H17N3O3S2. The van der Waals surface area contributed by atoms with Gasteiger partial charge in [-0.2, -0.15) is 17.0 Å². The van der Waals surface area contributed by atoms with Crippen LogP contribution >= 0.6 is 11.8 Å². The molecule has 0 amide bonds. The Morgan fingerprint density at radius 2 is 2.15 bits per heavy atom. The zero-order valence-electron chi connectivity index (χ0n) is 10.9. The largest absolute Gasteiger partial charge is 0.398 e. The third-order valence-electron chi connectivity index (χ3n) is 2.41. The Hall–Kier alpha value is -1.27. The first-order valence-electron chi connectivity index (χ1n) is 5.99. The Balaban J connectivity index is 2.59. The maximum Gasteiger partial charge on any atom is 0.242 e. The van der Waals surface area contributed by atoms with Crippen molar-refractivity contribution in [2.45, 2.75) is 11.3 Å². The van der Waals surface area contributed by atoms with Gasteiger partial charge >= 0.3 is 0 Å². The van der Waals surface area contributed by atoms with Crippen LogP contribution in [0.5, 0.6) is 0 Å². The predicted molar refractivity (Wildman–Crippen MR) is 79.8 cm³/mol. The summed E-state index contributed by atoms with van der Waals surface area (Å²) >= 11 is 1.56. The van der Waals surface area contributed by atoms with Crippen LogP contribution in [0.4, 0.5) is 5.69 Å². The highest BCUT2D eigenvalue weighted by molar-refractivity contribution is 7.99. The molecule has 4 N–H and O–H groups in total. The van der Waals surface area contributed by atoms with E-state index in [1.54, 1.807) is 11.8 Å². The second-order valence-electron chi connectivity index (χ2n) is 3.95. The molecule has 8 heteroatoms. The molecule has 0 bridgehead atoms. The number of nitrogens with two attached hydrogens (primary N) is 1. The molecular weight excluding hydrogens is 298 g/mol. The minimum Gasteiger partial charge on any atom is -0.398 e. The molecule has 1 aromatic rings. The summed E-state index contributed by atoms with van der Waals surface area (Å²) in [5.41, 5.74) is 6.03. The molecule has 6 nitrogen and oxygen atoms in total. The number of hydrogen-bond acceptors (Lipinski definition) is 6. The second kappa shape index (κ2) is 8.11. The summed E-state index contributed by atoms with van der Waals surface area (Å²) in [6, 6.07) is 5.98. The average molecular weight is 315 g/mol. The second-order valence-corrected chi connectivity index (χ2v) is 6.91. The van der Waals surface area contributed by atoms with E-state index in [1.165, 1.54) is 18.2 Å². The standard InChI is InChI=1S/C12H17N3O3S2/c13-9-10-2-3-12(11(14)8-10)20(17,18)15-4-7-19-6-1-5-16/h2-3,8,15-16H,1,4-7,14H2. The number of aliphatic hydroxyl groups is 1. The molecule has 0 atom stereocenters. The fourth-order valence-corrected chi connectivity index (χ4v) is 3.51. The first-order valence-corrected chi connectivity index (χ1v) is 8.63. The summed E-state index contributed by atoms with van der Waals surface area (Å²) in [5, 5.41) is 17.3. The summed E-state index contributed by atoms with van der Waals surface area (Å²) in [5.74, 6) is 1.41. The Kier molecular flexibility index (Phi) is 6.81. The van der Waals surface area contributed by atoms with E-state index in [2.05, 4.69) is 4.72 Å². The lowest BCUT2D eigenvalue weighted by Crippen LogP contribution is -2.26. The maximum atomic E-state index is 12.0. The lowest BCUT2D eigenvalue weighted by molar-refractivity contribution is 0.296. The fraction of sp³-hybridized carbons (Fsp3) is 0.417. The number of nitrogen functional groups attached to an aromatic ring is 1. The topological polar surface area (TPSA) is 116 Å². The van der Waals surface area contributed by atoms with Crippen LogP contribution in [0, 0.1) is 11.3 Å². The van der Waals surface area contributed by atoms with Crippen LogP contribution in [0.15, 0.2) is 23.1 Å². The number of nitrogens with zero attached hydrogens (tertiary/aromatic N) is 1. The van der Waals surface area contributed by atoms with Gasteiger partial charge in [0.2, 0.25) is 10.0 Å². The van der Waals surface area contributed by atoms with Gasteiger partial charge in [-0.1, -0.05) is 0 Å². The van der Waals surface area contributed by atoms with E-state index in [0.29, 0.717) is 17.7 Å². The first-order chi connectivity index (χ1) is 9.51. The zero-order valence-corrected chi connectivity index (χ0v) is 12.5. The van der Waals surface area contributed by atoms with Gasteiger partial charge in [0.15, 0.2) is 0 Å². The van der Waals surface area contributed by atoms with Crippen molar-refractivity contribution < 1.29 is 13.5 Å². The van der Waals surface area contributed by atoms with E-state index in [4.69, 9.17) is 16.1 Å². The molecule has 20 heavy (non-hydrogen) atoms. The average Bonchev–Trinajstić information content (AvgIpc) is 2.42. The molecule has 0 heterocycles. The van der Waals surface area contributed by atoms with Crippen molar-refractivity contribution in [2.24, 2.45) is 0 Å². The van der Waals surface area contributed by atoms with E-state index >= 15 is 0 Å². The molecule has 110 valence electrons. The first kappa shape index (κ1) is 16.8. The van der Waals surface area contributed by atoms with Crippen LogP contribution in [-0.4, -0.2) is 38.2 Å². The van der Waals surface area contributed by atoms with Crippen LogP contribution in [0.25, 0.3) is 0 Å². The monoisotopic (exact) mass is 315 g/mol. The molecule has 0 spiro atoms. The van der Waals surface area contributed by atoms with Gasteiger partial charge in [-0.3, -0.25) is 0 Å². The third kappa shape index (κ3) is 5.02. The normalized spacial score (nSPS) is 11.2. The summed E-state index contributed by atoms with van der Waals surface area (Å²) in [7, 11) is -3.66. The molecule has 0 radical (unpaired) electrons. The van der Waals surface area contributed by atoms with Gasteiger partial charge in [0.25, 0.3) is 0 Å². The number of nitrogens with one attached hydrogen (secondary N) is 1. The molecule has 0 saturated carbocycles. The summed E-state index contributed by atoms with van der Waals surface area (Å²) in [4.78, 5) is -0.0168. The highest BCUT2D eigenvalue weighted by Crippen LogP contribution is 2.19. The molecule has 0 aliphatic carbocycles. The number of nitriles is 1. The predicted octanol–water partition coefficient (Wildman–Crippen LogP) is 0.534. The Morgan fingerprint density at radius 3 is 2.75 bits per heavy atom. The van der Waals surface area contributed by atoms with Crippen molar-refractivity contribution in [3.8, 4) is 6.07 Å². The van der Waals surface area contributed by atoms with Gasteiger partial charge < -0.3 is 10.8 Å². The summed E-state index contributed by atoms with van der Waals surface area (Å²) in [6.45, 7) is 0.429. The molecule has 0 aliphatic heterocycles. The van der Waals surface area contributed by atoms with Crippen LogP contribution in [0.2, 0.25) is 0 Å². The van der Waals surface area contributed by atoms with Crippen molar-refractivity contribution in [1.82, 2.24) is 4.72 Å². The molecule has 0 saturated heterocycles. The highest BCUT2D eigenvalue weighted by atomic mass is 32.2. The minimum absolute atomic E-state index is 0.0168. The number of thioether (sulfide) groups is 1. The third-order valence-corrected chi connectivity index (χ3v) is 5.02. The van der Waals surface area contributed by atoms with Gasteiger partial charge in [-0.15, -0.1) is 0 Å². The van der Waals surface area contributed by atoms with Crippen LogP contribution < -0.4 is 10.5 Å².